The standard InChI is InChI=1S/C18H19N5O2S/c1-23(2)17(25)10-12-6-3-4-7-13(12)19-11-16(24)20-14-8-5-9-15-18(14)22-26-21-15/h3-9,19H,10-11H2,1-2H3,(H,20,24). The van der Waals surface area contributed by atoms with Crippen LogP contribution in [0.3, 0.4) is 0 Å². The van der Waals surface area contributed by atoms with Crippen molar-refractivity contribution in [3.05, 3.63) is 48.0 Å². The summed E-state index contributed by atoms with van der Waals surface area (Å²) in [6.45, 7) is 0.0844. The third-order valence-electron chi connectivity index (χ3n) is 3.86. The van der Waals surface area contributed by atoms with E-state index in [-0.39, 0.29) is 24.8 Å². The quantitative estimate of drug-likeness (QED) is 0.697. The van der Waals surface area contributed by atoms with Crippen molar-refractivity contribution in [3.63, 3.8) is 0 Å². The van der Waals surface area contributed by atoms with Crippen LogP contribution in [0.2, 0.25) is 0 Å². The van der Waals surface area contributed by atoms with E-state index in [9.17, 15) is 9.59 Å². The van der Waals surface area contributed by atoms with Crippen LogP contribution in [0.5, 0.6) is 0 Å². The maximum atomic E-state index is 12.3. The van der Waals surface area contributed by atoms with Gasteiger partial charge in [-0.1, -0.05) is 24.3 Å². The molecule has 2 amide bonds. The Labute approximate surface area is 155 Å². The molecule has 0 saturated carbocycles. The van der Waals surface area contributed by atoms with Crippen molar-refractivity contribution in [2.24, 2.45) is 0 Å². The number of rotatable bonds is 6. The summed E-state index contributed by atoms with van der Waals surface area (Å²) in [4.78, 5) is 25.8. The van der Waals surface area contributed by atoms with Crippen LogP contribution in [0.15, 0.2) is 42.5 Å². The molecule has 0 spiro atoms. The zero-order chi connectivity index (χ0) is 18.5. The maximum Gasteiger partial charge on any atom is 0.243 e. The van der Waals surface area contributed by atoms with E-state index in [4.69, 9.17) is 0 Å². The number of nitrogens with zero attached hydrogens (tertiary/aromatic N) is 3. The zero-order valence-corrected chi connectivity index (χ0v) is 15.3. The average Bonchev–Trinajstić information content (AvgIpc) is 3.10. The summed E-state index contributed by atoms with van der Waals surface area (Å²) in [6.07, 6.45) is 0.279. The second-order valence-corrected chi connectivity index (χ2v) is 6.49. The molecule has 0 aliphatic heterocycles. The first-order valence-corrected chi connectivity index (χ1v) is 8.80. The third-order valence-corrected chi connectivity index (χ3v) is 4.40. The molecule has 0 atom stereocenters. The van der Waals surface area contributed by atoms with E-state index in [2.05, 4.69) is 19.4 Å². The largest absolute Gasteiger partial charge is 0.376 e. The molecule has 0 radical (unpaired) electrons. The first kappa shape index (κ1) is 17.8. The second-order valence-electron chi connectivity index (χ2n) is 5.96. The van der Waals surface area contributed by atoms with Crippen LogP contribution in [0.25, 0.3) is 11.0 Å². The van der Waals surface area contributed by atoms with Crippen molar-refractivity contribution in [2.45, 2.75) is 6.42 Å². The Balaban J connectivity index is 1.65. The monoisotopic (exact) mass is 369 g/mol. The fourth-order valence-corrected chi connectivity index (χ4v) is 2.99. The molecular weight excluding hydrogens is 350 g/mol. The molecule has 2 aromatic carbocycles. The van der Waals surface area contributed by atoms with Gasteiger partial charge >= 0.3 is 0 Å². The molecule has 26 heavy (non-hydrogen) atoms. The molecule has 0 bridgehead atoms. The van der Waals surface area contributed by atoms with Crippen molar-refractivity contribution in [1.82, 2.24) is 13.6 Å². The molecule has 8 heteroatoms. The van der Waals surface area contributed by atoms with Crippen LogP contribution in [-0.2, 0) is 16.0 Å². The number of aromatic nitrogens is 2. The number of benzene rings is 2. The van der Waals surface area contributed by atoms with Gasteiger partial charge in [0.2, 0.25) is 11.8 Å². The second kappa shape index (κ2) is 7.92. The van der Waals surface area contributed by atoms with Gasteiger partial charge in [0.05, 0.1) is 30.4 Å². The van der Waals surface area contributed by atoms with Crippen LogP contribution >= 0.6 is 11.7 Å². The molecule has 7 nitrogen and oxygen atoms in total. The highest BCUT2D eigenvalue weighted by Crippen LogP contribution is 2.21. The maximum absolute atomic E-state index is 12.3. The summed E-state index contributed by atoms with van der Waals surface area (Å²) in [6, 6.07) is 13.0. The first-order chi connectivity index (χ1) is 12.5. The number of likely N-dealkylation sites (N-methyl/N-ethyl adjacent to an activating group) is 1. The minimum Gasteiger partial charge on any atom is -0.376 e. The number of carbonyl (C=O) groups is 2. The fourth-order valence-electron chi connectivity index (χ4n) is 2.44. The number of amides is 2. The number of carbonyl (C=O) groups excluding carboxylic acids is 2. The Hall–Kier alpha value is -3.00. The van der Waals surface area contributed by atoms with Crippen LogP contribution in [0.1, 0.15) is 5.56 Å². The summed E-state index contributed by atoms with van der Waals surface area (Å²) in [5.74, 6) is -0.189. The molecule has 0 saturated heterocycles. The van der Waals surface area contributed by atoms with E-state index in [1.54, 1.807) is 25.1 Å². The van der Waals surface area contributed by atoms with Crippen LogP contribution in [-0.4, -0.2) is 46.1 Å². The SMILES string of the molecule is CN(C)C(=O)Cc1ccccc1NCC(=O)Nc1cccc2nsnc12. The van der Waals surface area contributed by atoms with E-state index in [0.29, 0.717) is 11.2 Å². The predicted octanol–water partition coefficient (Wildman–Crippen LogP) is 2.37. The van der Waals surface area contributed by atoms with E-state index in [1.807, 2.05) is 36.4 Å². The number of para-hydroxylation sites is 1. The highest BCUT2D eigenvalue weighted by atomic mass is 32.1. The minimum atomic E-state index is -0.195. The van der Waals surface area contributed by atoms with Gasteiger partial charge in [-0.05, 0) is 23.8 Å². The van der Waals surface area contributed by atoms with Crippen LogP contribution < -0.4 is 10.6 Å². The van der Waals surface area contributed by atoms with Crippen LogP contribution in [0, 0.1) is 0 Å². The van der Waals surface area contributed by atoms with E-state index in [1.165, 1.54) is 0 Å². The van der Waals surface area contributed by atoms with Gasteiger partial charge in [-0.15, -0.1) is 0 Å². The summed E-state index contributed by atoms with van der Waals surface area (Å²) >= 11 is 1.11. The molecule has 0 aliphatic carbocycles. The molecule has 0 fully saturated rings. The first-order valence-electron chi connectivity index (χ1n) is 8.07. The smallest absolute Gasteiger partial charge is 0.243 e. The highest BCUT2D eigenvalue weighted by molar-refractivity contribution is 7.00. The lowest BCUT2D eigenvalue weighted by atomic mass is 10.1. The lowest BCUT2D eigenvalue weighted by Crippen LogP contribution is -2.25. The lowest BCUT2D eigenvalue weighted by Gasteiger charge is -2.14. The predicted molar refractivity (Wildman–Crippen MR) is 103 cm³/mol. The Kier molecular flexibility index (Phi) is 5.43. The van der Waals surface area contributed by atoms with Gasteiger partial charge in [0.15, 0.2) is 0 Å². The summed E-state index contributed by atoms with van der Waals surface area (Å²) in [5.41, 5.74) is 3.70. The number of hydrogen-bond donors (Lipinski definition) is 2. The van der Waals surface area contributed by atoms with Crippen molar-refractivity contribution < 1.29 is 9.59 Å². The van der Waals surface area contributed by atoms with Gasteiger partial charge in [-0.2, -0.15) is 8.75 Å². The Morgan fingerprint density at radius 1 is 1.04 bits per heavy atom. The van der Waals surface area contributed by atoms with Gasteiger partial charge in [0.1, 0.15) is 11.0 Å². The highest BCUT2D eigenvalue weighted by Gasteiger charge is 2.11. The molecule has 3 rings (SSSR count). The topological polar surface area (TPSA) is 87.2 Å². The van der Waals surface area contributed by atoms with Gasteiger partial charge in [0.25, 0.3) is 0 Å². The number of anilines is 2. The lowest BCUT2D eigenvalue weighted by molar-refractivity contribution is -0.127. The number of fused-ring (bicyclic) bond motifs is 1. The summed E-state index contributed by atoms with van der Waals surface area (Å²) in [7, 11) is 3.44. The molecular formula is C18H19N5O2S. The van der Waals surface area contributed by atoms with Crippen molar-refractivity contribution >= 4 is 46.0 Å². The molecule has 1 aromatic heterocycles. The number of hydrogen-bond acceptors (Lipinski definition) is 6. The van der Waals surface area contributed by atoms with Crippen molar-refractivity contribution in [2.75, 3.05) is 31.3 Å². The normalized spacial score (nSPS) is 10.5. The van der Waals surface area contributed by atoms with E-state index >= 15 is 0 Å². The fraction of sp³-hybridized carbons (Fsp3) is 0.222. The van der Waals surface area contributed by atoms with Gasteiger partial charge in [-0.3, -0.25) is 9.59 Å². The Bertz CT molecular complexity index is 938. The molecule has 2 N–H and O–H groups in total. The average molecular weight is 369 g/mol. The van der Waals surface area contributed by atoms with Crippen molar-refractivity contribution in [1.29, 1.82) is 0 Å². The Morgan fingerprint density at radius 3 is 2.62 bits per heavy atom. The molecule has 3 aromatic rings. The van der Waals surface area contributed by atoms with E-state index in [0.717, 1.165) is 28.5 Å². The van der Waals surface area contributed by atoms with Gasteiger partial charge in [-0.25, -0.2) is 0 Å². The number of nitrogens with one attached hydrogen (secondary N) is 2. The molecule has 0 aliphatic rings. The summed E-state index contributed by atoms with van der Waals surface area (Å²) in [5, 5.41) is 5.95. The Morgan fingerprint density at radius 2 is 1.81 bits per heavy atom. The minimum absolute atomic E-state index is 0.00594. The third kappa shape index (κ3) is 4.15. The van der Waals surface area contributed by atoms with Gasteiger partial charge < -0.3 is 15.5 Å². The molecule has 1 heterocycles. The van der Waals surface area contributed by atoms with Gasteiger partial charge in [0, 0.05) is 19.8 Å². The zero-order valence-electron chi connectivity index (χ0n) is 14.5. The molecule has 0 unspecified atom stereocenters. The van der Waals surface area contributed by atoms with Crippen molar-refractivity contribution in [3.8, 4) is 0 Å². The van der Waals surface area contributed by atoms with E-state index < -0.39 is 0 Å². The molecule has 134 valence electrons. The van der Waals surface area contributed by atoms with Crippen LogP contribution in [0.4, 0.5) is 11.4 Å². The summed E-state index contributed by atoms with van der Waals surface area (Å²) < 4.78 is 8.37.